The van der Waals surface area contributed by atoms with Crippen molar-refractivity contribution in [2.75, 3.05) is 13.1 Å². The van der Waals surface area contributed by atoms with E-state index in [2.05, 4.69) is 0 Å². The molecule has 0 bridgehead atoms. The van der Waals surface area contributed by atoms with Gasteiger partial charge < -0.3 is 10.0 Å². The molecule has 0 aliphatic carbocycles. The molecule has 1 fully saturated rings. The lowest BCUT2D eigenvalue weighted by molar-refractivity contribution is -0.130. The summed E-state index contributed by atoms with van der Waals surface area (Å²) in [5.41, 5.74) is -0.592. The van der Waals surface area contributed by atoms with Crippen molar-refractivity contribution >= 4 is 5.91 Å². The first-order valence-corrected chi connectivity index (χ1v) is 6.05. The van der Waals surface area contributed by atoms with Crippen molar-refractivity contribution in [2.24, 2.45) is 0 Å². The lowest BCUT2D eigenvalue weighted by Crippen LogP contribution is -2.28. The Balaban J connectivity index is 2.16. The van der Waals surface area contributed by atoms with Gasteiger partial charge in [0.1, 0.15) is 0 Å². The van der Waals surface area contributed by atoms with Gasteiger partial charge in [0.2, 0.25) is 5.91 Å². The molecule has 1 aliphatic heterocycles. The third-order valence-electron chi connectivity index (χ3n) is 3.33. The average molecular weight is 213 g/mol. The van der Waals surface area contributed by atoms with Gasteiger partial charge in [0.25, 0.3) is 0 Å². The number of rotatable bonds is 5. The van der Waals surface area contributed by atoms with E-state index in [-0.39, 0.29) is 5.91 Å². The molecule has 1 heterocycles. The van der Waals surface area contributed by atoms with Crippen LogP contribution in [0.1, 0.15) is 52.4 Å². The summed E-state index contributed by atoms with van der Waals surface area (Å²) in [7, 11) is 0. The van der Waals surface area contributed by atoms with Crippen LogP contribution in [0.25, 0.3) is 0 Å². The molecule has 1 amide bonds. The highest BCUT2D eigenvalue weighted by Gasteiger charge is 2.20. The van der Waals surface area contributed by atoms with Crippen molar-refractivity contribution in [2.45, 2.75) is 58.0 Å². The molecule has 1 saturated heterocycles. The summed E-state index contributed by atoms with van der Waals surface area (Å²) in [6, 6.07) is 0. The van der Waals surface area contributed by atoms with Crippen molar-refractivity contribution in [3.05, 3.63) is 0 Å². The molecule has 1 aliphatic rings. The maximum atomic E-state index is 11.7. The predicted molar refractivity (Wildman–Crippen MR) is 60.6 cm³/mol. The number of carbonyl (C=O) groups is 1. The molecular formula is C12H23NO2. The topological polar surface area (TPSA) is 40.5 Å². The molecule has 0 aromatic heterocycles. The van der Waals surface area contributed by atoms with E-state index >= 15 is 0 Å². The van der Waals surface area contributed by atoms with Gasteiger partial charge in [-0.2, -0.15) is 0 Å². The summed E-state index contributed by atoms with van der Waals surface area (Å²) < 4.78 is 0. The SMILES string of the molecule is CCC(C)(O)CCCC(=O)N1CCCC1. The Morgan fingerprint density at radius 3 is 2.53 bits per heavy atom. The standard InChI is InChI=1S/C12H23NO2/c1-3-12(2,15)8-6-7-11(14)13-9-4-5-10-13/h15H,3-10H2,1-2H3. The molecular weight excluding hydrogens is 190 g/mol. The third-order valence-corrected chi connectivity index (χ3v) is 3.33. The van der Waals surface area contributed by atoms with Crippen LogP contribution in [0, 0.1) is 0 Å². The lowest BCUT2D eigenvalue weighted by atomic mass is 9.96. The molecule has 88 valence electrons. The minimum atomic E-state index is -0.592. The number of hydrogen-bond donors (Lipinski definition) is 1. The molecule has 1 unspecified atom stereocenters. The Kier molecular flexibility index (Phi) is 4.58. The predicted octanol–water partition coefficient (Wildman–Crippen LogP) is 1.94. The second-order valence-electron chi connectivity index (χ2n) is 4.79. The van der Waals surface area contributed by atoms with Gasteiger partial charge in [0.15, 0.2) is 0 Å². The monoisotopic (exact) mass is 213 g/mol. The summed E-state index contributed by atoms with van der Waals surface area (Å²) in [5.74, 6) is 0.263. The van der Waals surface area contributed by atoms with E-state index in [0.29, 0.717) is 6.42 Å². The fourth-order valence-corrected chi connectivity index (χ4v) is 1.92. The van der Waals surface area contributed by atoms with E-state index in [9.17, 15) is 9.90 Å². The highest BCUT2D eigenvalue weighted by atomic mass is 16.3. The molecule has 0 saturated carbocycles. The van der Waals surface area contributed by atoms with Crippen LogP contribution in [-0.4, -0.2) is 34.6 Å². The van der Waals surface area contributed by atoms with E-state index in [1.807, 2.05) is 18.7 Å². The van der Waals surface area contributed by atoms with Crippen LogP contribution < -0.4 is 0 Å². The van der Waals surface area contributed by atoms with Gasteiger partial charge in [0.05, 0.1) is 5.60 Å². The van der Waals surface area contributed by atoms with Crippen LogP contribution in [0.2, 0.25) is 0 Å². The van der Waals surface area contributed by atoms with Crippen molar-refractivity contribution in [1.29, 1.82) is 0 Å². The van der Waals surface area contributed by atoms with Crippen molar-refractivity contribution < 1.29 is 9.90 Å². The number of hydrogen-bond acceptors (Lipinski definition) is 2. The van der Waals surface area contributed by atoms with E-state index < -0.39 is 5.60 Å². The normalized spacial score (nSPS) is 20.3. The average Bonchev–Trinajstić information content (AvgIpc) is 2.70. The Labute approximate surface area is 92.5 Å². The van der Waals surface area contributed by atoms with Crippen LogP contribution in [0.5, 0.6) is 0 Å². The first kappa shape index (κ1) is 12.5. The van der Waals surface area contributed by atoms with Crippen LogP contribution >= 0.6 is 0 Å². The Bertz CT molecular complexity index is 208. The van der Waals surface area contributed by atoms with E-state index in [4.69, 9.17) is 0 Å². The van der Waals surface area contributed by atoms with E-state index in [0.717, 1.165) is 45.2 Å². The molecule has 0 radical (unpaired) electrons. The highest BCUT2D eigenvalue weighted by molar-refractivity contribution is 5.76. The Morgan fingerprint density at radius 2 is 2.00 bits per heavy atom. The molecule has 1 N–H and O–H groups in total. The molecule has 1 rings (SSSR count). The second kappa shape index (κ2) is 5.50. The van der Waals surface area contributed by atoms with Crippen LogP contribution in [0.4, 0.5) is 0 Å². The smallest absolute Gasteiger partial charge is 0.222 e. The summed E-state index contributed by atoms with van der Waals surface area (Å²) in [6.07, 6.45) is 5.18. The molecule has 15 heavy (non-hydrogen) atoms. The summed E-state index contributed by atoms with van der Waals surface area (Å²) in [4.78, 5) is 13.6. The van der Waals surface area contributed by atoms with Gasteiger partial charge in [0, 0.05) is 19.5 Å². The summed E-state index contributed by atoms with van der Waals surface area (Å²) >= 11 is 0. The summed E-state index contributed by atoms with van der Waals surface area (Å²) in [6.45, 7) is 5.68. The highest BCUT2D eigenvalue weighted by Crippen LogP contribution is 2.18. The number of likely N-dealkylation sites (tertiary alicyclic amines) is 1. The molecule has 0 aromatic carbocycles. The first-order chi connectivity index (χ1) is 7.05. The van der Waals surface area contributed by atoms with Crippen molar-refractivity contribution in [3.8, 4) is 0 Å². The van der Waals surface area contributed by atoms with Crippen LogP contribution in [0.15, 0.2) is 0 Å². The number of aliphatic hydroxyl groups is 1. The molecule has 0 spiro atoms. The quantitative estimate of drug-likeness (QED) is 0.758. The fourth-order valence-electron chi connectivity index (χ4n) is 1.92. The minimum Gasteiger partial charge on any atom is -0.390 e. The van der Waals surface area contributed by atoms with Gasteiger partial charge in [-0.3, -0.25) is 4.79 Å². The number of carbonyl (C=O) groups excluding carboxylic acids is 1. The van der Waals surface area contributed by atoms with Crippen LogP contribution in [0.3, 0.4) is 0 Å². The number of nitrogens with zero attached hydrogens (tertiary/aromatic N) is 1. The second-order valence-corrected chi connectivity index (χ2v) is 4.79. The molecule has 3 nitrogen and oxygen atoms in total. The Morgan fingerprint density at radius 1 is 1.40 bits per heavy atom. The number of amides is 1. The fraction of sp³-hybridized carbons (Fsp3) is 0.917. The van der Waals surface area contributed by atoms with Gasteiger partial charge in [-0.1, -0.05) is 6.92 Å². The largest absolute Gasteiger partial charge is 0.390 e. The van der Waals surface area contributed by atoms with Gasteiger partial charge in [-0.25, -0.2) is 0 Å². The minimum absolute atomic E-state index is 0.263. The van der Waals surface area contributed by atoms with Gasteiger partial charge in [-0.05, 0) is 39.0 Å². The molecule has 1 atom stereocenters. The zero-order valence-corrected chi connectivity index (χ0v) is 9.96. The maximum Gasteiger partial charge on any atom is 0.222 e. The maximum absolute atomic E-state index is 11.7. The van der Waals surface area contributed by atoms with Gasteiger partial charge >= 0.3 is 0 Å². The zero-order chi connectivity index (χ0) is 11.3. The zero-order valence-electron chi connectivity index (χ0n) is 9.96. The first-order valence-electron chi connectivity index (χ1n) is 6.05. The molecule has 0 aromatic rings. The van der Waals surface area contributed by atoms with Crippen LogP contribution in [-0.2, 0) is 4.79 Å². The Hall–Kier alpha value is -0.570. The van der Waals surface area contributed by atoms with E-state index in [1.165, 1.54) is 0 Å². The molecule has 3 heteroatoms. The van der Waals surface area contributed by atoms with E-state index in [1.54, 1.807) is 0 Å². The summed E-state index contributed by atoms with van der Waals surface area (Å²) in [5, 5.41) is 9.78. The lowest BCUT2D eigenvalue weighted by Gasteiger charge is -2.21. The third kappa shape index (κ3) is 4.20. The van der Waals surface area contributed by atoms with Crippen molar-refractivity contribution in [1.82, 2.24) is 4.90 Å². The van der Waals surface area contributed by atoms with Crippen molar-refractivity contribution in [3.63, 3.8) is 0 Å². The van der Waals surface area contributed by atoms with Gasteiger partial charge in [-0.15, -0.1) is 0 Å².